The quantitative estimate of drug-likeness (QED) is 0.423. The number of methoxy groups -OCH3 is 1. The van der Waals surface area contributed by atoms with Gasteiger partial charge in [-0.1, -0.05) is 6.07 Å². The second-order valence-electron chi connectivity index (χ2n) is 5.82. The SMILES string of the molecule is COCCCc1ccc(Nc2c(C(=O)NOCCO)ccc(F)c2F)c(F)c1. The van der Waals surface area contributed by atoms with Crippen LogP contribution in [0.2, 0.25) is 0 Å². The van der Waals surface area contributed by atoms with E-state index in [2.05, 4.69) is 10.2 Å². The molecule has 0 aliphatic rings. The summed E-state index contributed by atoms with van der Waals surface area (Å²) in [5, 5.41) is 11.1. The van der Waals surface area contributed by atoms with E-state index in [0.717, 1.165) is 17.7 Å². The molecule has 0 saturated heterocycles. The molecule has 6 nitrogen and oxygen atoms in total. The molecule has 0 bridgehead atoms. The number of hydrogen-bond donors (Lipinski definition) is 3. The Morgan fingerprint density at radius 3 is 2.57 bits per heavy atom. The number of benzene rings is 2. The fourth-order valence-corrected chi connectivity index (χ4v) is 2.45. The first-order valence-corrected chi connectivity index (χ1v) is 8.53. The van der Waals surface area contributed by atoms with Crippen molar-refractivity contribution >= 4 is 17.3 Å². The summed E-state index contributed by atoms with van der Waals surface area (Å²) < 4.78 is 47.3. The first-order chi connectivity index (χ1) is 13.5. The summed E-state index contributed by atoms with van der Waals surface area (Å²) in [4.78, 5) is 16.8. The van der Waals surface area contributed by atoms with E-state index in [1.165, 1.54) is 12.1 Å². The van der Waals surface area contributed by atoms with Crippen LogP contribution in [0, 0.1) is 17.5 Å². The van der Waals surface area contributed by atoms with E-state index >= 15 is 0 Å². The van der Waals surface area contributed by atoms with Gasteiger partial charge in [0.15, 0.2) is 11.6 Å². The average molecular weight is 398 g/mol. The molecule has 0 fully saturated rings. The molecule has 9 heteroatoms. The van der Waals surface area contributed by atoms with E-state index in [1.807, 2.05) is 5.48 Å². The molecule has 0 aliphatic heterocycles. The average Bonchev–Trinajstić information content (AvgIpc) is 2.67. The van der Waals surface area contributed by atoms with E-state index in [4.69, 9.17) is 9.84 Å². The number of anilines is 2. The topological polar surface area (TPSA) is 79.8 Å². The number of aliphatic hydroxyl groups is 1. The predicted octanol–water partition coefficient (Wildman–Crippen LogP) is 3.08. The monoisotopic (exact) mass is 398 g/mol. The van der Waals surface area contributed by atoms with Gasteiger partial charge in [-0.3, -0.25) is 9.63 Å². The Kier molecular flexibility index (Phi) is 8.24. The largest absolute Gasteiger partial charge is 0.394 e. The number of carbonyl (C=O) groups excluding carboxylic acids is 1. The van der Waals surface area contributed by atoms with Gasteiger partial charge in [-0.15, -0.1) is 0 Å². The summed E-state index contributed by atoms with van der Waals surface area (Å²) in [6.07, 6.45) is 1.30. The fourth-order valence-electron chi connectivity index (χ4n) is 2.45. The fraction of sp³-hybridized carbons (Fsp3) is 0.316. The number of halogens is 3. The summed E-state index contributed by atoms with van der Waals surface area (Å²) in [7, 11) is 1.57. The number of aryl methyl sites for hydroxylation is 1. The van der Waals surface area contributed by atoms with Gasteiger partial charge in [0.1, 0.15) is 5.82 Å². The third-order valence-electron chi connectivity index (χ3n) is 3.80. The molecular weight excluding hydrogens is 377 g/mol. The minimum atomic E-state index is -1.33. The van der Waals surface area contributed by atoms with E-state index in [0.29, 0.717) is 19.4 Å². The van der Waals surface area contributed by atoms with E-state index < -0.39 is 29.0 Å². The molecule has 28 heavy (non-hydrogen) atoms. The number of carbonyl (C=O) groups is 1. The van der Waals surface area contributed by atoms with Gasteiger partial charge in [0.05, 0.1) is 30.2 Å². The second kappa shape index (κ2) is 10.6. The first-order valence-electron chi connectivity index (χ1n) is 8.53. The maximum atomic E-state index is 14.4. The Bertz CT molecular complexity index is 818. The van der Waals surface area contributed by atoms with Crippen molar-refractivity contribution in [2.24, 2.45) is 0 Å². The highest BCUT2D eigenvalue weighted by Gasteiger charge is 2.20. The molecule has 0 atom stereocenters. The smallest absolute Gasteiger partial charge is 0.277 e. The minimum absolute atomic E-state index is 0.120. The molecule has 3 N–H and O–H groups in total. The van der Waals surface area contributed by atoms with Gasteiger partial charge in [-0.2, -0.15) is 0 Å². The highest BCUT2D eigenvalue weighted by Crippen LogP contribution is 2.28. The van der Waals surface area contributed by atoms with Crippen molar-refractivity contribution in [1.29, 1.82) is 0 Å². The van der Waals surface area contributed by atoms with Crippen LogP contribution in [0.15, 0.2) is 30.3 Å². The summed E-state index contributed by atoms with van der Waals surface area (Å²) >= 11 is 0. The highest BCUT2D eigenvalue weighted by molar-refractivity contribution is 5.99. The molecule has 0 heterocycles. The lowest BCUT2D eigenvalue weighted by Gasteiger charge is -2.14. The van der Waals surface area contributed by atoms with Crippen LogP contribution < -0.4 is 10.8 Å². The van der Waals surface area contributed by atoms with Gasteiger partial charge >= 0.3 is 0 Å². The lowest BCUT2D eigenvalue weighted by Crippen LogP contribution is -2.26. The van der Waals surface area contributed by atoms with Crippen LogP contribution in [0.3, 0.4) is 0 Å². The molecule has 0 radical (unpaired) electrons. The molecule has 152 valence electrons. The number of nitrogens with one attached hydrogen (secondary N) is 2. The van der Waals surface area contributed by atoms with Gasteiger partial charge < -0.3 is 15.2 Å². The molecule has 0 aromatic heterocycles. The Morgan fingerprint density at radius 2 is 1.89 bits per heavy atom. The van der Waals surface area contributed by atoms with Gasteiger partial charge in [-0.25, -0.2) is 18.7 Å². The van der Waals surface area contributed by atoms with Crippen molar-refractivity contribution in [3.8, 4) is 0 Å². The summed E-state index contributed by atoms with van der Waals surface area (Å²) in [5.41, 5.74) is 1.77. The minimum Gasteiger partial charge on any atom is -0.394 e. The zero-order chi connectivity index (χ0) is 20.5. The van der Waals surface area contributed by atoms with Crippen LogP contribution >= 0.6 is 0 Å². The summed E-state index contributed by atoms with van der Waals surface area (Å²) in [6.45, 7) is 0.00932. The van der Waals surface area contributed by atoms with Crippen molar-refractivity contribution in [2.75, 3.05) is 32.2 Å². The summed E-state index contributed by atoms with van der Waals surface area (Å²) in [6, 6.07) is 6.11. The molecule has 0 aliphatic carbocycles. The number of amides is 1. The van der Waals surface area contributed by atoms with Crippen LogP contribution in [-0.4, -0.2) is 37.9 Å². The summed E-state index contributed by atoms with van der Waals surface area (Å²) in [5.74, 6) is -4.10. The van der Waals surface area contributed by atoms with Crippen molar-refractivity contribution in [1.82, 2.24) is 5.48 Å². The predicted molar refractivity (Wildman–Crippen MR) is 96.7 cm³/mol. The van der Waals surface area contributed by atoms with Crippen LogP contribution in [-0.2, 0) is 16.0 Å². The van der Waals surface area contributed by atoms with Gasteiger partial charge in [-0.05, 0) is 42.7 Å². The molecule has 0 unspecified atom stereocenters. The molecule has 0 spiro atoms. The van der Waals surface area contributed by atoms with Crippen molar-refractivity contribution in [3.63, 3.8) is 0 Å². The molecule has 2 rings (SSSR count). The number of aliphatic hydroxyl groups excluding tert-OH is 1. The maximum Gasteiger partial charge on any atom is 0.277 e. The number of ether oxygens (including phenoxy) is 1. The molecule has 0 saturated carbocycles. The Balaban J connectivity index is 2.24. The Morgan fingerprint density at radius 1 is 1.11 bits per heavy atom. The van der Waals surface area contributed by atoms with Gasteiger partial charge in [0.2, 0.25) is 0 Å². The zero-order valence-corrected chi connectivity index (χ0v) is 15.2. The number of hydroxylamine groups is 1. The highest BCUT2D eigenvalue weighted by atomic mass is 19.2. The van der Waals surface area contributed by atoms with Crippen molar-refractivity contribution < 1.29 is 32.6 Å². The van der Waals surface area contributed by atoms with Crippen LogP contribution in [0.5, 0.6) is 0 Å². The van der Waals surface area contributed by atoms with E-state index in [-0.39, 0.29) is 24.5 Å². The standard InChI is InChI=1S/C19H21F3N2O4/c1-27-9-2-3-12-4-7-16(15(21)11-12)23-18-13(5-6-14(20)17(18)22)19(26)24-28-10-8-25/h4-7,11,23,25H,2-3,8-10H2,1H3,(H,24,26). The third kappa shape index (κ3) is 5.69. The molecule has 2 aromatic rings. The van der Waals surface area contributed by atoms with Crippen LogP contribution in [0.4, 0.5) is 24.5 Å². The third-order valence-corrected chi connectivity index (χ3v) is 3.80. The van der Waals surface area contributed by atoms with Crippen LogP contribution in [0.1, 0.15) is 22.3 Å². The molecular formula is C19H21F3N2O4. The normalized spacial score (nSPS) is 10.8. The Hall–Kier alpha value is -2.62. The van der Waals surface area contributed by atoms with Gasteiger partial charge in [0, 0.05) is 13.7 Å². The lowest BCUT2D eigenvalue weighted by molar-refractivity contribution is 0.0168. The molecule has 1 amide bonds. The number of rotatable bonds is 10. The van der Waals surface area contributed by atoms with Crippen molar-refractivity contribution in [2.45, 2.75) is 12.8 Å². The van der Waals surface area contributed by atoms with E-state index in [1.54, 1.807) is 13.2 Å². The van der Waals surface area contributed by atoms with Crippen LogP contribution in [0.25, 0.3) is 0 Å². The first kappa shape index (κ1) is 21.7. The lowest BCUT2D eigenvalue weighted by atomic mass is 10.1. The van der Waals surface area contributed by atoms with E-state index in [9.17, 15) is 18.0 Å². The molecule has 2 aromatic carbocycles. The Labute approximate surface area is 160 Å². The maximum absolute atomic E-state index is 14.4. The zero-order valence-electron chi connectivity index (χ0n) is 15.2. The van der Waals surface area contributed by atoms with Crippen molar-refractivity contribution in [3.05, 3.63) is 58.9 Å². The van der Waals surface area contributed by atoms with Gasteiger partial charge in [0.25, 0.3) is 5.91 Å². The number of hydrogen-bond acceptors (Lipinski definition) is 5. The second-order valence-corrected chi connectivity index (χ2v) is 5.82.